The van der Waals surface area contributed by atoms with Crippen LogP contribution in [0.15, 0.2) is 24.3 Å². The molecular weight excluding hydrogens is 272 g/mol. The molecule has 0 aliphatic heterocycles. The molecule has 0 aromatic heterocycles. The van der Waals surface area contributed by atoms with E-state index < -0.39 is 10.5 Å². The molecule has 6 nitrogen and oxygen atoms in total. The summed E-state index contributed by atoms with van der Waals surface area (Å²) >= 11 is 0. The molecular formula is C15H22N2O4. The minimum atomic E-state index is -0.965. The van der Waals surface area contributed by atoms with E-state index in [0.29, 0.717) is 5.56 Å². The number of benzene rings is 1. The first-order valence-corrected chi connectivity index (χ1v) is 6.98. The highest BCUT2D eigenvalue weighted by atomic mass is 16.6. The van der Waals surface area contributed by atoms with Gasteiger partial charge in [-0.05, 0) is 18.4 Å². The van der Waals surface area contributed by atoms with E-state index in [-0.39, 0.29) is 30.5 Å². The molecule has 2 unspecified atom stereocenters. The Hall–Kier alpha value is -1.95. The third-order valence-electron chi connectivity index (χ3n) is 3.80. The smallest absolute Gasteiger partial charge is 0.269 e. The Labute approximate surface area is 124 Å². The summed E-state index contributed by atoms with van der Waals surface area (Å²) in [5.74, 6) is -0.199. The van der Waals surface area contributed by atoms with Crippen LogP contribution in [0.1, 0.15) is 32.8 Å². The van der Waals surface area contributed by atoms with Crippen LogP contribution < -0.4 is 5.32 Å². The minimum absolute atomic E-state index is 0.0353. The number of aliphatic hydroxyl groups is 1. The molecule has 1 rings (SSSR count). The maximum atomic E-state index is 11.9. The van der Waals surface area contributed by atoms with Crippen LogP contribution in [0.2, 0.25) is 0 Å². The molecule has 1 aromatic rings. The second-order valence-electron chi connectivity index (χ2n) is 5.55. The van der Waals surface area contributed by atoms with Gasteiger partial charge in [-0.2, -0.15) is 0 Å². The normalized spacial score (nSPS) is 15.0. The molecule has 0 bridgehead atoms. The summed E-state index contributed by atoms with van der Waals surface area (Å²) in [6.07, 6.45) is 0.867. The summed E-state index contributed by atoms with van der Waals surface area (Å²) in [4.78, 5) is 22.0. The van der Waals surface area contributed by atoms with Crippen LogP contribution >= 0.6 is 0 Å². The van der Waals surface area contributed by atoms with Gasteiger partial charge in [-0.15, -0.1) is 0 Å². The van der Waals surface area contributed by atoms with Crippen molar-refractivity contribution in [1.29, 1.82) is 0 Å². The number of nitro groups is 1. The second-order valence-corrected chi connectivity index (χ2v) is 5.55. The average molecular weight is 294 g/mol. The molecule has 1 aromatic carbocycles. The van der Waals surface area contributed by atoms with E-state index in [4.69, 9.17) is 0 Å². The lowest BCUT2D eigenvalue weighted by Gasteiger charge is -2.29. The van der Waals surface area contributed by atoms with Crippen molar-refractivity contribution >= 4 is 11.6 Å². The number of nitrogens with one attached hydrogen (secondary N) is 1. The summed E-state index contributed by atoms with van der Waals surface area (Å²) in [6, 6.07) is 5.98. The number of nitrogens with zero attached hydrogens (tertiary/aromatic N) is 1. The molecule has 1 amide bonds. The van der Waals surface area contributed by atoms with Crippen LogP contribution in [0.4, 0.5) is 5.69 Å². The third kappa shape index (κ3) is 5.15. The molecule has 2 N–H and O–H groups in total. The van der Waals surface area contributed by atoms with Gasteiger partial charge in [-0.25, -0.2) is 0 Å². The monoisotopic (exact) mass is 294 g/mol. The van der Waals surface area contributed by atoms with Crippen LogP contribution in [0.5, 0.6) is 0 Å². The fraction of sp³-hybridized carbons (Fsp3) is 0.533. The van der Waals surface area contributed by atoms with Gasteiger partial charge in [-0.3, -0.25) is 14.9 Å². The molecule has 0 heterocycles. The zero-order valence-electron chi connectivity index (χ0n) is 12.6. The number of rotatable bonds is 7. The lowest BCUT2D eigenvalue weighted by Crippen LogP contribution is -2.45. The first-order valence-electron chi connectivity index (χ1n) is 6.98. The average Bonchev–Trinajstić information content (AvgIpc) is 2.44. The number of carbonyl (C=O) groups is 1. The highest BCUT2D eigenvalue weighted by Crippen LogP contribution is 2.19. The predicted molar refractivity (Wildman–Crippen MR) is 79.9 cm³/mol. The summed E-state index contributed by atoms with van der Waals surface area (Å²) in [6.45, 7) is 5.75. The maximum absolute atomic E-state index is 11.9. The maximum Gasteiger partial charge on any atom is 0.269 e. The number of non-ortho nitro benzene ring substituents is 1. The van der Waals surface area contributed by atoms with Crippen molar-refractivity contribution in [3.63, 3.8) is 0 Å². The molecule has 21 heavy (non-hydrogen) atoms. The van der Waals surface area contributed by atoms with Crippen LogP contribution in [-0.2, 0) is 11.2 Å². The number of hydrogen-bond donors (Lipinski definition) is 2. The zero-order chi connectivity index (χ0) is 16.0. The van der Waals surface area contributed by atoms with Gasteiger partial charge in [0, 0.05) is 18.7 Å². The lowest BCUT2D eigenvalue weighted by molar-refractivity contribution is -0.384. The number of amides is 1. The van der Waals surface area contributed by atoms with Crippen molar-refractivity contribution in [3.05, 3.63) is 39.9 Å². The Bertz CT molecular complexity index is 514. The predicted octanol–water partition coefficient (Wildman–Crippen LogP) is 2.05. The quantitative estimate of drug-likeness (QED) is 0.594. The number of nitro benzene ring substituents is 1. The van der Waals surface area contributed by atoms with Crippen LogP contribution in [-0.4, -0.2) is 28.1 Å². The SMILES string of the molecule is CCC(C)C(C)(O)CNC(=O)Cc1cccc([N+](=O)[O-])c1. The Morgan fingerprint density at radius 3 is 2.76 bits per heavy atom. The lowest BCUT2D eigenvalue weighted by atomic mass is 9.88. The van der Waals surface area contributed by atoms with E-state index in [2.05, 4.69) is 5.32 Å². The highest BCUT2D eigenvalue weighted by Gasteiger charge is 2.27. The highest BCUT2D eigenvalue weighted by molar-refractivity contribution is 5.78. The van der Waals surface area contributed by atoms with Crippen LogP contribution in [0.25, 0.3) is 0 Å². The van der Waals surface area contributed by atoms with E-state index in [1.807, 2.05) is 13.8 Å². The van der Waals surface area contributed by atoms with Crippen molar-refractivity contribution in [2.45, 2.75) is 39.2 Å². The van der Waals surface area contributed by atoms with Crippen molar-refractivity contribution < 1.29 is 14.8 Å². The number of carbonyl (C=O) groups excluding carboxylic acids is 1. The van der Waals surface area contributed by atoms with Crippen molar-refractivity contribution in [3.8, 4) is 0 Å². The van der Waals surface area contributed by atoms with Crippen molar-refractivity contribution in [1.82, 2.24) is 5.32 Å². The molecule has 0 radical (unpaired) electrons. The van der Waals surface area contributed by atoms with Gasteiger partial charge in [0.2, 0.25) is 5.91 Å². The van der Waals surface area contributed by atoms with E-state index in [1.165, 1.54) is 12.1 Å². The Kier molecular flexibility index (Phi) is 5.84. The van der Waals surface area contributed by atoms with Crippen molar-refractivity contribution in [2.24, 2.45) is 5.92 Å². The standard InChI is InChI=1S/C15H22N2O4/c1-4-11(2)15(3,19)10-16-14(18)9-12-6-5-7-13(8-12)17(20)21/h5-8,11,19H,4,9-10H2,1-3H3,(H,16,18). The molecule has 0 saturated carbocycles. The van der Waals surface area contributed by atoms with E-state index in [9.17, 15) is 20.0 Å². The first-order chi connectivity index (χ1) is 9.76. The van der Waals surface area contributed by atoms with Gasteiger partial charge in [0.15, 0.2) is 0 Å². The summed E-state index contributed by atoms with van der Waals surface area (Å²) in [7, 11) is 0. The minimum Gasteiger partial charge on any atom is -0.388 e. The molecule has 6 heteroatoms. The second kappa shape index (κ2) is 7.17. The van der Waals surface area contributed by atoms with Gasteiger partial charge in [0.25, 0.3) is 5.69 Å². The van der Waals surface area contributed by atoms with Gasteiger partial charge in [0.05, 0.1) is 16.9 Å². The Balaban J connectivity index is 2.58. The molecule has 0 saturated heterocycles. The fourth-order valence-electron chi connectivity index (χ4n) is 1.92. The molecule has 0 spiro atoms. The van der Waals surface area contributed by atoms with Crippen LogP contribution in [0, 0.1) is 16.0 Å². The van der Waals surface area contributed by atoms with E-state index in [1.54, 1.807) is 19.1 Å². The summed E-state index contributed by atoms with van der Waals surface area (Å²) in [5.41, 5.74) is -0.426. The molecule has 116 valence electrons. The van der Waals surface area contributed by atoms with Gasteiger partial charge < -0.3 is 10.4 Å². The molecule has 0 aliphatic carbocycles. The third-order valence-corrected chi connectivity index (χ3v) is 3.80. The van der Waals surface area contributed by atoms with Gasteiger partial charge in [-0.1, -0.05) is 32.4 Å². The molecule has 2 atom stereocenters. The fourth-order valence-corrected chi connectivity index (χ4v) is 1.92. The molecule has 0 fully saturated rings. The molecule has 0 aliphatic rings. The van der Waals surface area contributed by atoms with Gasteiger partial charge in [0.1, 0.15) is 0 Å². The number of hydrogen-bond acceptors (Lipinski definition) is 4. The Morgan fingerprint density at radius 2 is 2.19 bits per heavy atom. The topological polar surface area (TPSA) is 92.5 Å². The Morgan fingerprint density at radius 1 is 1.52 bits per heavy atom. The van der Waals surface area contributed by atoms with Gasteiger partial charge >= 0.3 is 0 Å². The van der Waals surface area contributed by atoms with E-state index in [0.717, 1.165) is 6.42 Å². The van der Waals surface area contributed by atoms with Crippen molar-refractivity contribution in [2.75, 3.05) is 6.54 Å². The summed E-state index contributed by atoms with van der Waals surface area (Å²) < 4.78 is 0. The van der Waals surface area contributed by atoms with E-state index >= 15 is 0 Å². The summed E-state index contributed by atoms with van der Waals surface area (Å²) in [5, 5.41) is 23.6. The van der Waals surface area contributed by atoms with Crippen LogP contribution in [0.3, 0.4) is 0 Å². The first kappa shape index (κ1) is 17.1. The largest absolute Gasteiger partial charge is 0.388 e. The zero-order valence-corrected chi connectivity index (χ0v) is 12.6.